The molecular formula is C10H21ClOSi. The molecule has 13 heavy (non-hydrogen) atoms. The van der Waals surface area contributed by atoms with Crippen molar-refractivity contribution >= 4 is 19.7 Å². The average molecular weight is 221 g/mol. The van der Waals surface area contributed by atoms with E-state index in [-0.39, 0.29) is 0 Å². The van der Waals surface area contributed by atoms with Gasteiger partial charge in [-0.2, -0.15) is 0 Å². The Labute approximate surface area is 88.1 Å². The topological polar surface area (TPSA) is 9.23 Å². The van der Waals surface area contributed by atoms with E-state index in [1.54, 1.807) is 0 Å². The molecule has 0 aromatic heterocycles. The van der Waals surface area contributed by atoms with Gasteiger partial charge in [0.15, 0.2) is 0 Å². The van der Waals surface area contributed by atoms with Crippen LogP contribution in [-0.2, 0) is 4.74 Å². The second-order valence-corrected chi connectivity index (χ2v) is 10.2. The van der Waals surface area contributed by atoms with Crippen LogP contribution in [0.2, 0.25) is 19.6 Å². The van der Waals surface area contributed by atoms with Crippen molar-refractivity contribution in [3.05, 3.63) is 12.2 Å². The number of allylic oxidation sites excluding steroid dienone is 1. The predicted molar refractivity (Wildman–Crippen MR) is 63.3 cm³/mol. The van der Waals surface area contributed by atoms with Gasteiger partial charge in [0.1, 0.15) is 0 Å². The number of ether oxygens (including phenoxy) is 1. The van der Waals surface area contributed by atoms with E-state index in [1.807, 2.05) is 0 Å². The molecule has 0 radical (unpaired) electrons. The van der Waals surface area contributed by atoms with E-state index in [9.17, 15) is 0 Å². The van der Waals surface area contributed by atoms with Crippen molar-refractivity contribution in [2.45, 2.75) is 32.5 Å². The number of hydrogen-bond donors (Lipinski definition) is 0. The van der Waals surface area contributed by atoms with Crippen LogP contribution in [0.4, 0.5) is 0 Å². The van der Waals surface area contributed by atoms with Gasteiger partial charge in [-0.05, 0) is 12.8 Å². The first-order valence-electron chi connectivity index (χ1n) is 4.85. The predicted octanol–water partition coefficient (Wildman–Crippen LogP) is 3.46. The lowest BCUT2D eigenvalue weighted by atomic mass is 10.3. The third kappa shape index (κ3) is 12.2. The summed E-state index contributed by atoms with van der Waals surface area (Å²) in [5, 5.41) is 0. The molecule has 0 heterocycles. The minimum Gasteiger partial charge on any atom is -0.381 e. The van der Waals surface area contributed by atoms with Crippen LogP contribution in [0.3, 0.4) is 0 Å². The summed E-state index contributed by atoms with van der Waals surface area (Å²) in [6.07, 6.45) is 7.32. The Hall–Kier alpha value is 0.207. The molecule has 78 valence electrons. The number of halogens is 1. The minimum atomic E-state index is -1.01. The Morgan fingerprint density at radius 3 is 2.46 bits per heavy atom. The van der Waals surface area contributed by atoms with E-state index < -0.39 is 8.07 Å². The number of alkyl halides is 1. The van der Waals surface area contributed by atoms with Crippen LogP contribution < -0.4 is 0 Å². The Balaban J connectivity index is 3.20. The fraction of sp³-hybridized carbons (Fsp3) is 0.800. The number of hydrogen-bond acceptors (Lipinski definition) is 1. The summed E-state index contributed by atoms with van der Waals surface area (Å²) in [7, 11) is -1.01. The molecule has 0 unspecified atom stereocenters. The summed E-state index contributed by atoms with van der Waals surface area (Å²) < 4.78 is 5.52. The van der Waals surface area contributed by atoms with Gasteiger partial charge in [0.05, 0.1) is 14.7 Å². The van der Waals surface area contributed by atoms with Crippen LogP contribution in [0.25, 0.3) is 0 Å². The highest BCUT2D eigenvalue weighted by atomic mass is 35.5. The SMILES string of the molecule is C[Si](C)(C)COC/C=C\CCCCl. The van der Waals surface area contributed by atoms with Crippen LogP contribution in [-0.4, -0.2) is 26.8 Å². The molecule has 0 amide bonds. The van der Waals surface area contributed by atoms with Crippen LogP contribution in [0, 0.1) is 0 Å². The highest BCUT2D eigenvalue weighted by Gasteiger charge is 2.11. The first-order chi connectivity index (χ1) is 6.06. The van der Waals surface area contributed by atoms with Crippen molar-refractivity contribution < 1.29 is 4.74 Å². The molecule has 0 saturated carbocycles. The fourth-order valence-corrected chi connectivity index (χ4v) is 1.70. The number of unbranched alkanes of at least 4 members (excludes halogenated alkanes) is 1. The lowest BCUT2D eigenvalue weighted by Crippen LogP contribution is -2.28. The largest absolute Gasteiger partial charge is 0.381 e. The van der Waals surface area contributed by atoms with Crippen LogP contribution >= 0.6 is 11.6 Å². The molecule has 1 nitrogen and oxygen atoms in total. The van der Waals surface area contributed by atoms with Gasteiger partial charge in [-0.1, -0.05) is 31.8 Å². The van der Waals surface area contributed by atoms with Crippen molar-refractivity contribution in [2.75, 3.05) is 18.7 Å². The maximum Gasteiger partial charge on any atom is 0.0746 e. The molecule has 0 spiro atoms. The molecule has 0 atom stereocenters. The van der Waals surface area contributed by atoms with Gasteiger partial charge in [-0.15, -0.1) is 11.6 Å². The minimum absolute atomic E-state index is 0.750. The molecule has 0 aliphatic heterocycles. The third-order valence-corrected chi connectivity index (χ3v) is 2.76. The Bertz CT molecular complexity index is 140. The van der Waals surface area contributed by atoms with Crippen LogP contribution in [0.15, 0.2) is 12.2 Å². The zero-order valence-electron chi connectivity index (χ0n) is 8.98. The molecule has 0 aromatic rings. The van der Waals surface area contributed by atoms with Gasteiger partial charge < -0.3 is 4.74 Å². The van der Waals surface area contributed by atoms with Gasteiger partial charge in [-0.3, -0.25) is 0 Å². The molecule has 0 rings (SSSR count). The lowest BCUT2D eigenvalue weighted by molar-refractivity contribution is 0.205. The number of rotatable bonds is 7. The monoisotopic (exact) mass is 220 g/mol. The Morgan fingerprint density at radius 2 is 1.92 bits per heavy atom. The molecule has 0 bridgehead atoms. The first kappa shape index (κ1) is 13.2. The molecule has 0 fully saturated rings. The maximum absolute atomic E-state index is 5.54. The van der Waals surface area contributed by atoms with Crippen molar-refractivity contribution in [1.29, 1.82) is 0 Å². The van der Waals surface area contributed by atoms with E-state index in [0.29, 0.717) is 0 Å². The van der Waals surface area contributed by atoms with E-state index >= 15 is 0 Å². The highest BCUT2D eigenvalue weighted by Crippen LogP contribution is 2.00. The molecule has 0 N–H and O–H groups in total. The van der Waals surface area contributed by atoms with E-state index in [1.165, 1.54) is 0 Å². The van der Waals surface area contributed by atoms with Gasteiger partial charge in [0.2, 0.25) is 0 Å². The smallest absolute Gasteiger partial charge is 0.0746 e. The summed E-state index contributed by atoms with van der Waals surface area (Å²) in [6, 6.07) is 0. The molecule has 0 aliphatic rings. The zero-order valence-corrected chi connectivity index (χ0v) is 10.7. The maximum atomic E-state index is 5.54. The molecule has 3 heteroatoms. The van der Waals surface area contributed by atoms with Crippen molar-refractivity contribution in [2.24, 2.45) is 0 Å². The summed E-state index contributed by atoms with van der Waals surface area (Å²) in [6.45, 7) is 7.69. The molecular weight excluding hydrogens is 200 g/mol. The van der Waals surface area contributed by atoms with E-state index in [2.05, 4.69) is 31.8 Å². The van der Waals surface area contributed by atoms with Gasteiger partial charge in [-0.25, -0.2) is 0 Å². The molecule has 0 saturated heterocycles. The van der Waals surface area contributed by atoms with Crippen LogP contribution in [0.5, 0.6) is 0 Å². The highest BCUT2D eigenvalue weighted by molar-refractivity contribution is 6.76. The fourth-order valence-electron chi connectivity index (χ4n) is 0.814. The van der Waals surface area contributed by atoms with E-state index in [4.69, 9.17) is 16.3 Å². The Morgan fingerprint density at radius 1 is 1.23 bits per heavy atom. The second-order valence-electron chi connectivity index (χ2n) is 4.38. The summed E-state index contributed by atoms with van der Waals surface area (Å²) in [5.74, 6) is 0.750. The van der Waals surface area contributed by atoms with Gasteiger partial charge in [0.25, 0.3) is 0 Å². The lowest BCUT2D eigenvalue weighted by Gasteiger charge is -2.14. The third-order valence-electron chi connectivity index (χ3n) is 1.42. The second kappa shape index (κ2) is 7.60. The standard InChI is InChI=1S/C10H21ClOSi/c1-13(2,3)10-12-9-7-5-4-6-8-11/h5,7H,4,6,8-10H2,1-3H3/b7-5-. The first-order valence-corrected chi connectivity index (χ1v) is 9.09. The van der Waals surface area contributed by atoms with E-state index in [0.717, 1.165) is 31.6 Å². The zero-order chi connectivity index (χ0) is 10.2. The average Bonchev–Trinajstić information content (AvgIpc) is 2.01. The van der Waals surface area contributed by atoms with Crippen molar-refractivity contribution in [1.82, 2.24) is 0 Å². The van der Waals surface area contributed by atoms with Crippen molar-refractivity contribution in [3.63, 3.8) is 0 Å². The summed E-state index contributed by atoms with van der Waals surface area (Å²) in [5.41, 5.74) is 0. The molecule has 0 aromatic carbocycles. The van der Waals surface area contributed by atoms with Crippen molar-refractivity contribution in [3.8, 4) is 0 Å². The van der Waals surface area contributed by atoms with Gasteiger partial charge in [0, 0.05) is 12.1 Å². The quantitative estimate of drug-likeness (QED) is 0.276. The molecule has 0 aliphatic carbocycles. The Kier molecular flexibility index (Phi) is 7.72. The summed E-state index contributed by atoms with van der Waals surface area (Å²) in [4.78, 5) is 0. The van der Waals surface area contributed by atoms with Gasteiger partial charge >= 0.3 is 0 Å². The summed E-state index contributed by atoms with van der Waals surface area (Å²) >= 11 is 5.54. The van der Waals surface area contributed by atoms with Crippen LogP contribution in [0.1, 0.15) is 12.8 Å². The normalized spacial score (nSPS) is 12.6.